The second-order valence-electron chi connectivity index (χ2n) is 9.71. The molecular formula is C32H29N5O2. The van der Waals surface area contributed by atoms with E-state index in [-0.39, 0.29) is 0 Å². The average Bonchev–Trinajstić information content (AvgIpc) is 3.37. The summed E-state index contributed by atoms with van der Waals surface area (Å²) < 4.78 is 1.78. The summed E-state index contributed by atoms with van der Waals surface area (Å²) in [5.74, 6) is -0.234. The number of nitrogens with one attached hydrogen (secondary N) is 1. The van der Waals surface area contributed by atoms with Gasteiger partial charge in [-0.3, -0.25) is 9.59 Å². The number of benzene rings is 2. The Hall–Kier alpha value is -4.91. The normalized spacial score (nSPS) is 13.5. The summed E-state index contributed by atoms with van der Waals surface area (Å²) in [6.45, 7) is 5.57. The lowest BCUT2D eigenvalue weighted by Crippen LogP contribution is -2.47. The lowest BCUT2D eigenvalue weighted by atomic mass is 10.0. The lowest BCUT2D eigenvalue weighted by molar-refractivity contribution is -0.112. The van der Waals surface area contributed by atoms with Gasteiger partial charge >= 0.3 is 0 Å². The highest BCUT2D eigenvalue weighted by atomic mass is 16.2. The number of carbonyl (C=O) groups is 2. The SMILES string of the molecule is Cc1cc(NC(=O)C(=O)c2c(-c3ccccc3)cc3ccccn23)ccc1N1CCN(c2ccccn2)CC1. The Bertz CT molecular complexity index is 1640. The summed E-state index contributed by atoms with van der Waals surface area (Å²) >= 11 is 0. The van der Waals surface area contributed by atoms with Gasteiger partial charge in [0.25, 0.3) is 11.7 Å². The fraction of sp³-hybridized carbons (Fsp3) is 0.156. The number of aromatic nitrogens is 2. The Balaban J connectivity index is 1.19. The van der Waals surface area contributed by atoms with Crippen LogP contribution in [0.25, 0.3) is 16.6 Å². The van der Waals surface area contributed by atoms with Crippen molar-refractivity contribution in [2.24, 2.45) is 0 Å². The van der Waals surface area contributed by atoms with E-state index in [1.165, 1.54) is 0 Å². The Morgan fingerprint density at radius 1 is 0.795 bits per heavy atom. The molecule has 1 amide bonds. The van der Waals surface area contributed by atoms with Crippen molar-refractivity contribution in [1.82, 2.24) is 9.38 Å². The van der Waals surface area contributed by atoms with E-state index in [0.717, 1.165) is 59.9 Å². The quantitative estimate of drug-likeness (QED) is 0.240. The zero-order valence-corrected chi connectivity index (χ0v) is 21.7. The molecule has 39 heavy (non-hydrogen) atoms. The highest BCUT2D eigenvalue weighted by molar-refractivity contribution is 6.47. The summed E-state index contributed by atoms with van der Waals surface area (Å²) in [7, 11) is 0. The molecule has 0 bridgehead atoms. The van der Waals surface area contributed by atoms with Gasteiger partial charge in [0, 0.05) is 61.0 Å². The van der Waals surface area contributed by atoms with Crippen LogP contribution in [0.1, 0.15) is 16.1 Å². The average molecular weight is 516 g/mol. The van der Waals surface area contributed by atoms with Crippen molar-refractivity contribution >= 4 is 34.4 Å². The third-order valence-corrected chi connectivity index (χ3v) is 7.23. The van der Waals surface area contributed by atoms with E-state index in [9.17, 15) is 9.59 Å². The minimum atomic E-state index is -0.660. The molecular weight excluding hydrogens is 486 g/mol. The topological polar surface area (TPSA) is 70.0 Å². The molecule has 0 aliphatic carbocycles. The van der Waals surface area contributed by atoms with Gasteiger partial charge in [-0.05, 0) is 66.6 Å². The maximum Gasteiger partial charge on any atom is 0.298 e. The standard InChI is InChI=1S/C32H29N5O2/c1-23-21-25(13-14-28(23)35-17-19-36(20-18-35)29-12-5-7-15-33-29)34-32(39)31(38)30-27(24-9-3-2-4-10-24)22-26-11-6-8-16-37(26)30/h2-16,21-22H,17-20H2,1H3,(H,34,39). The smallest absolute Gasteiger partial charge is 0.298 e. The van der Waals surface area contributed by atoms with E-state index in [4.69, 9.17) is 0 Å². The number of pyridine rings is 2. The Labute approximate surface area is 227 Å². The van der Waals surface area contributed by atoms with Crippen LogP contribution < -0.4 is 15.1 Å². The zero-order chi connectivity index (χ0) is 26.8. The van der Waals surface area contributed by atoms with Crippen LogP contribution in [0.4, 0.5) is 17.2 Å². The predicted octanol–water partition coefficient (Wildman–Crippen LogP) is 5.46. The summed E-state index contributed by atoms with van der Waals surface area (Å²) in [6.07, 6.45) is 3.64. The molecule has 5 aromatic rings. The minimum absolute atomic E-state index is 0.355. The lowest BCUT2D eigenvalue weighted by Gasteiger charge is -2.37. The van der Waals surface area contributed by atoms with Gasteiger partial charge in [-0.1, -0.05) is 42.5 Å². The molecule has 194 valence electrons. The van der Waals surface area contributed by atoms with Crippen LogP contribution in [0.3, 0.4) is 0 Å². The first-order valence-corrected chi connectivity index (χ1v) is 13.1. The van der Waals surface area contributed by atoms with Gasteiger partial charge in [-0.25, -0.2) is 4.98 Å². The van der Waals surface area contributed by atoms with Gasteiger partial charge in [-0.15, -0.1) is 0 Å². The number of ketones is 1. The van der Waals surface area contributed by atoms with Gasteiger partial charge < -0.3 is 19.5 Å². The first kappa shape index (κ1) is 24.4. The maximum atomic E-state index is 13.5. The van der Waals surface area contributed by atoms with Gasteiger partial charge in [0.15, 0.2) is 0 Å². The Morgan fingerprint density at radius 2 is 1.54 bits per heavy atom. The molecule has 7 nitrogen and oxygen atoms in total. The number of anilines is 3. The summed E-state index contributed by atoms with van der Waals surface area (Å²) in [5, 5.41) is 2.84. The monoisotopic (exact) mass is 515 g/mol. The maximum absolute atomic E-state index is 13.5. The number of Topliss-reactive ketones (excluding diaryl/α,β-unsaturated/α-hetero) is 1. The molecule has 0 saturated carbocycles. The number of hydrogen-bond acceptors (Lipinski definition) is 5. The van der Waals surface area contributed by atoms with Crippen LogP contribution in [0.2, 0.25) is 0 Å². The van der Waals surface area contributed by atoms with E-state index >= 15 is 0 Å². The number of hydrogen-bond donors (Lipinski definition) is 1. The largest absolute Gasteiger partial charge is 0.368 e. The molecule has 0 radical (unpaired) electrons. The molecule has 2 aromatic carbocycles. The van der Waals surface area contributed by atoms with Gasteiger partial charge in [0.05, 0.1) is 0 Å². The molecule has 0 spiro atoms. The highest BCUT2D eigenvalue weighted by Crippen LogP contribution is 2.29. The molecule has 7 heteroatoms. The molecule has 6 rings (SSSR count). The first-order valence-electron chi connectivity index (χ1n) is 13.1. The molecule has 1 aliphatic rings. The third-order valence-electron chi connectivity index (χ3n) is 7.23. The summed E-state index contributed by atoms with van der Waals surface area (Å²) in [4.78, 5) is 35.8. The third kappa shape index (κ3) is 4.86. The Morgan fingerprint density at radius 3 is 2.28 bits per heavy atom. The fourth-order valence-corrected chi connectivity index (χ4v) is 5.29. The van der Waals surface area contributed by atoms with Crippen LogP contribution in [0.5, 0.6) is 0 Å². The highest BCUT2D eigenvalue weighted by Gasteiger charge is 2.25. The molecule has 0 atom stereocenters. The van der Waals surface area contributed by atoms with Crippen molar-refractivity contribution in [3.05, 3.63) is 115 Å². The van der Waals surface area contributed by atoms with Crippen LogP contribution in [-0.4, -0.2) is 47.3 Å². The number of rotatable bonds is 6. The Kier molecular flexibility index (Phi) is 6.55. The van der Waals surface area contributed by atoms with Gasteiger partial charge in [-0.2, -0.15) is 0 Å². The van der Waals surface area contributed by atoms with Crippen molar-refractivity contribution in [3.63, 3.8) is 0 Å². The fourth-order valence-electron chi connectivity index (χ4n) is 5.29. The van der Waals surface area contributed by atoms with E-state index < -0.39 is 11.7 Å². The number of piperazine rings is 1. The van der Waals surface area contributed by atoms with Crippen LogP contribution in [0.15, 0.2) is 103 Å². The number of aryl methyl sites for hydroxylation is 1. The van der Waals surface area contributed by atoms with E-state index in [2.05, 4.69) is 20.1 Å². The summed E-state index contributed by atoms with van der Waals surface area (Å²) in [6, 6.07) is 29.1. The van der Waals surface area contributed by atoms with Crippen molar-refractivity contribution in [1.29, 1.82) is 0 Å². The molecule has 3 aromatic heterocycles. The second kappa shape index (κ2) is 10.5. The van der Waals surface area contributed by atoms with Crippen LogP contribution in [-0.2, 0) is 4.79 Å². The molecule has 4 heterocycles. The molecule has 1 aliphatic heterocycles. The van der Waals surface area contributed by atoms with E-state index in [1.54, 1.807) is 4.40 Å². The molecule has 0 unspecified atom stereocenters. The van der Waals surface area contributed by atoms with E-state index in [1.807, 2.05) is 110 Å². The van der Waals surface area contributed by atoms with Crippen molar-refractivity contribution in [2.75, 3.05) is 41.3 Å². The van der Waals surface area contributed by atoms with Crippen LogP contribution in [0, 0.1) is 6.92 Å². The number of nitrogens with zero attached hydrogens (tertiary/aromatic N) is 4. The molecule has 1 fully saturated rings. The van der Waals surface area contributed by atoms with Crippen molar-refractivity contribution in [2.45, 2.75) is 6.92 Å². The van der Waals surface area contributed by atoms with Gasteiger partial charge in [0.2, 0.25) is 0 Å². The first-order chi connectivity index (χ1) is 19.1. The predicted molar refractivity (Wildman–Crippen MR) is 156 cm³/mol. The zero-order valence-electron chi connectivity index (χ0n) is 21.7. The van der Waals surface area contributed by atoms with Crippen LogP contribution >= 0.6 is 0 Å². The molecule has 1 N–H and O–H groups in total. The van der Waals surface area contributed by atoms with E-state index in [0.29, 0.717) is 11.4 Å². The van der Waals surface area contributed by atoms with Crippen molar-refractivity contribution in [3.8, 4) is 11.1 Å². The number of fused-ring (bicyclic) bond motifs is 1. The number of amides is 1. The molecule has 1 saturated heterocycles. The number of carbonyl (C=O) groups excluding carboxylic acids is 2. The van der Waals surface area contributed by atoms with Crippen molar-refractivity contribution < 1.29 is 9.59 Å². The summed E-state index contributed by atoms with van der Waals surface area (Å²) in [5.41, 5.74) is 5.61. The second-order valence-corrected chi connectivity index (χ2v) is 9.71. The van der Waals surface area contributed by atoms with Gasteiger partial charge in [0.1, 0.15) is 11.5 Å². The minimum Gasteiger partial charge on any atom is -0.368 e.